The molecule has 0 aliphatic carbocycles. The summed E-state index contributed by atoms with van der Waals surface area (Å²) in [7, 11) is 0. The molecule has 0 unspecified atom stereocenters. The number of aromatic nitrogens is 2. The first-order valence-electron chi connectivity index (χ1n) is 5.05. The van der Waals surface area contributed by atoms with Gasteiger partial charge in [-0.1, -0.05) is 30.3 Å². The molecule has 0 radical (unpaired) electrons. The van der Waals surface area contributed by atoms with Gasteiger partial charge in [-0.05, 0) is 11.6 Å². The first kappa shape index (κ1) is 10.0. The third-order valence-electron chi connectivity index (χ3n) is 2.47. The summed E-state index contributed by atoms with van der Waals surface area (Å²) in [4.78, 5) is 29.2. The summed E-state index contributed by atoms with van der Waals surface area (Å²) in [5, 5.41) is 0. The average molecular weight is 244 g/mol. The quantitative estimate of drug-likeness (QED) is 0.642. The Morgan fingerprint density at radius 3 is 2.41 bits per heavy atom. The Hall–Kier alpha value is -2.14. The molecule has 2 N–H and O–H groups in total. The zero-order chi connectivity index (χ0) is 11.8. The molecule has 5 heteroatoms. The number of H-pyrrole nitrogens is 2. The van der Waals surface area contributed by atoms with Crippen molar-refractivity contribution in [3.63, 3.8) is 0 Å². The summed E-state index contributed by atoms with van der Waals surface area (Å²) in [5.74, 6) is 0. The third kappa shape index (κ3) is 1.70. The molecule has 0 amide bonds. The van der Waals surface area contributed by atoms with E-state index in [1.54, 1.807) is 0 Å². The number of hydrogen-bond donors (Lipinski definition) is 2. The van der Waals surface area contributed by atoms with Gasteiger partial charge in [-0.15, -0.1) is 11.3 Å². The van der Waals surface area contributed by atoms with Crippen molar-refractivity contribution in [2.24, 2.45) is 0 Å². The highest BCUT2D eigenvalue weighted by atomic mass is 32.1. The minimum atomic E-state index is -0.616. The molecule has 2 aromatic heterocycles. The summed E-state index contributed by atoms with van der Waals surface area (Å²) >= 11 is 1.45. The molecule has 0 atom stereocenters. The summed E-state index contributed by atoms with van der Waals surface area (Å²) in [6, 6.07) is 11.7. The molecule has 0 aliphatic rings. The van der Waals surface area contributed by atoms with E-state index in [0.717, 1.165) is 10.4 Å². The Kier molecular flexibility index (Phi) is 2.19. The standard InChI is InChI=1S/C12H8N2O2S/c15-10-11(16)14-12-8(13-10)6-9(17-12)7-4-2-1-3-5-7/h1-6H,(H,13,15)(H,14,16). The predicted octanol–water partition coefficient (Wildman–Crippen LogP) is 1.94. The van der Waals surface area contributed by atoms with Crippen LogP contribution in [0.25, 0.3) is 20.8 Å². The molecule has 2 heterocycles. The number of nitrogens with one attached hydrogen (secondary N) is 2. The number of fused-ring (bicyclic) bond motifs is 1. The van der Waals surface area contributed by atoms with E-state index >= 15 is 0 Å². The van der Waals surface area contributed by atoms with Crippen LogP contribution in [0.3, 0.4) is 0 Å². The van der Waals surface area contributed by atoms with Gasteiger partial charge in [0, 0.05) is 4.88 Å². The van der Waals surface area contributed by atoms with Gasteiger partial charge in [0.2, 0.25) is 0 Å². The van der Waals surface area contributed by atoms with Crippen LogP contribution in [0.5, 0.6) is 0 Å². The van der Waals surface area contributed by atoms with Crippen LogP contribution >= 0.6 is 11.3 Å². The van der Waals surface area contributed by atoms with E-state index in [9.17, 15) is 9.59 Å². The summed E-state index contributed by atoms with van der Waals surface area (Å²) in [5.41, 5.74) is 0.503. The summed E-state index contributed by atoms with van der Waals surface area (Å²) < 4.78 is 0. The molecule has 4 nitrogen and oxygen atoms in total. The highest BCUT2D eigenvalue weighted by molar-refractivity contribution is 7.21. The molecular formula is C12H8N2O2S. The van der Waals surface area contributed by atoms with Gasteiger partial charge in [0.25, 0.3) is 0 Å². The van der Waals surface area contributed by atoms with E-state index < -0.39 is 11.1 Å². The van der Waals surface area contributed by atoms with E-state index in [1.165, 1.54) is 11.3 Å². The molecule has 0 saturated heterocycles. The van der Waals surface area contributed by atoms with Crippen LogP contribution < -0.4 is 11.1 Å². The van der Waals surface area contributed by atoms with E-state index in [0.29, 0.717) is 10.3 Å². The van der Waals surface area contributed by atoms with E-state index in [4.69, 9.17) is 0 Å². The minimum Gasteiger partial charge on any atom is -0.315 e. The van der Waals surface area contributed by atoms with Crippen LogP contribution in [0.2, 0.25) is 0 Å². The van der Waals surface area contributed by atoms with Crippen LogP contribution in [0.1, 0.15) is 0 Å². The van der Waals surface area contributed by atoms with Crippen LogP contribution in [0.15, 0.2) is 46.0 Å². The van der Waals surface area contributed by atoms with Crippen molar-refractivity contribution in [1.82, 2.24) is 9.97 Å². The lowest BCUT2D eigenvalue weighted by atomic mass is 10.2. The lowest BCUT2D eigenvalue weighted by Gasteiger charge is -1.93. The predicted molar refractivity (Wildman–Crippen MR) is 68.5 cm³/mol. The molecule has 1 aromatic carbocycles. The van der Waals surface area contributed by atoms with Gasteiger partial charge in [0.05, 0.1) is 5.52 Å². The van der Waals surface area contributed by atoms with Crippen LogP contribution in [-0.4, -0.2) is 9.97 Å². The minimum absolute atomic E-state index is 0.612. The number of rotatable bonds is 1. The van der Waals surface area contributed by atoms with Gasteiger partial charge < -0.3 is 9.97 Å². The van der Waals surface area contributed by atoms with Crippen LogP contribution in [0.4, 0.5) is 0 Å². The molecule has 84 valence electrons. The smallest absolute Gasteiger partial charge is 0.314 e. The zero-order valence-corrected chi connectivity index (χ0v) is 9.51. The lowest BCUT2D eigenvalue weighted by molar-refractivity contribution is 1.16. The maximum Gasteiger partial charge on any atom is 0.314 e. The molecule has 0 saturated carbocycles. The van der Waals surface area contributed by atoms with Gasteiger partial charge in [-0.3, -0.25) is 9.59 Å². The second-order valence-electron chi connectivity index (χ2n) is 3.63. The Balaban J connectivity index is 2.28. The number of benzene rings is 1. The molecule has 17 heavy (non-hydrogen) atoms. The Bertz CT molecular complexity index is 736. The lowest BCUT2D eigenvalue weighted by Crippen LogP contribution is -2.28. The maximum atomic E-state index is 11.2. The average Bonchev–Trinajstić information content (AvgIpc) is 2.74. The first-order chi connectivity index (χ1) is 8.24. The normalized spacial score (nSPS) is 10.8. The molecule has 3 aromatic rings. The van der Waals surface area contributed by atoms with Crippen molar-refractivity contribution >= 4 is 21.7 Å². The molecule has 0 bridgehead atoms. The molecule has 0 spiro atoms. The monoisotopic (exact) mass is 244 g/mol. The first-order valence-corrected chi connectivity index (χ1v) is 5.87. The number of aromatic amines is 2. The van der Waals surface area contributed by atoms with Crippen molar-refractivity contribution < 1.29 is 0 Å². The fraction of sp³-hybridized carbons (Fsp3) is 0. The van der Waals surface area contributed by atoms with E-state index in [-0.39, 0.29) is 0 Å². The van der Waals surface area contributed by atoms with Gasteiger partial charge >= 0.3 is 11.1 Å². The Morgan fingerprint density at radius 2 is 1.65 bits per heavy atom. The largest absolute Gasteiger partial charge is 0.315 e. The number of thiophene rings is 1. The second kappa shape index (κ2) is 3.71. The molecule has 0 aliphatic heterocycles. The van der Waals surface area contributed by atoms with Crippen molar-refractivity contribution in [3.05, 3.63) is 57.1 Å². The van der Waals surface area contributed by atoms with E-state index in [2.05, 4.69) is 9.97 Å². The zero-order valence-electron chi connectivity index (χ0n) is 8.69. The van der Waals surface area contributed by atoms with Gasteiger partial charge in [-0.2, -0.15) is 0 Å². The summed E-state index contributed by atoms with van der Waals surface area (Å²) in [6.07, 6.45) is 0. The summed E-state index contributed by atoms with van der Waals surface area (Å²) in [6.45, 7) is 0. The van der Waals surface area contributed by atoms with Gasteiger partial charge in [-0.25, -0.2) is 0 Å². The van der Waals surface area contributed by atoms with Crippen molar-refractivity contribution in [2.75, 3.05) is 0 Å². The molecule has 0 fully saturated rings. The Labute approximate surface area is 99.6 Å². The number of hydrogen-bond acceptors (Lipinski definition) is 3. The fourth-order valence-corrected chi connectivity index (χ4v) is 2.67. The van der Waals surface area contributed by atoms with Crippen molar-refractivity contribution in [1.29, 1.82) is 0 Å². The molecule has 3 rings (SSSR count). The molecular weight excluding hydrogens is 236 g/mol. The van der Waals surface area contributed by atoms with Crippen molar-refractivity contribution in [2.45, 2.75) is 0 Å². The maximum absolute atomic E-state index is 11.2. The Morgan fingerprint density at radius 1 is 0.941 bits per heavy atom. The van der Waals surface area contributed by atoms with Gasteiger partial charge in [0.1, 0.15) is 4.83 Å². The van der Waals surface area contributed by atoms with E-state index in [1.807, 2.05) is 36.4 Å². The van der Waals surface area contributed by atoms with Crippen LogP contribution in [0, 0.1) is 0 Å². The van der Waals surface area contributed by atoms with Crippen LogP contribution in [-0.2, 0) is 0 Å². The second-order valence-corrected chi connectivity index (χ2v) is 4.68. The highest BCUT2D eigenvalue weighted by Crippen LogP contribution is 2.30. The SMILES string of the molecule is O=c1[nH]c2cc(-c3ccccc3)sc2[nH]c1=O. The van der Waals surface area contributed by atoms with Crippen molar-refractivity contribution in [3.8, 4) is 10.4 Å². The fourth-order valence-electron chi connectivity index (χ4n) is 1.66. The van der Waals surface area contributed by atoms with Gasteiger partial charge in [0.15, 0.2) is 0 Å². The highest BCUT2D eigenvalue weighted by Gasteiger charge is 2.06. The topological polar surface area (TPSA) is 65.7 Å². The third-order valence-corrected chi connectivity index (χ3v) is 3.57.